The van der Waals surface area contributed by atoms with Gasteiger partial charge in [-0.15, -0.1) is 0 Å². The predicted octanol–water partition coefficient (Wildman–Crippen LogP) is 2.87. The first kappa shape index (κ1) is 17.0. The first-order valence-electron chi connectivity index (χ1n) is 8.17. The zero-order valence-electron chi connectivity index (χ0n) is 13.9. The normalized spacial score (nSPS) is 17.1. The number of hydrogen-bond acceptors (Lipinski definition) is 3. The van der Waals surface area contributed by atoms with Crippen LogP contribution in [0.5, 0.6) is 0 Å². The molecule has 0 aliphatic carbocycles. The van der Waals surface area contributed by atoms with Crippen LogP contribution in [0.25, 0.3) is 0 Å². The number of nitrogens with one attached hydrogen (secondary N) is 1. The van der Waals surface area contributed by atoms with E-state index in [1.807, 2.05) is 17.0 Å². The largest absolute Gasteiger partial charge is 0.396 e. The van der Waals surface area contributed by atoms with E-state index in [1.165, 1.54) is 5.56 Å². The average Bonchev–Trinajstić information content (AvgIpc) is 2.91. The molecule has 0 saturated carbocycles. The van der Waals surface area contributed by atoms with Gasteiger partial charge in [0.1, 0.15) is 0 Å². The van der Waals surface area contributed by atoms with Crippen LogP contribution in [-0.4, -0.2) is 30.7 Å². The molecule has 2 rings (SSSR count). The fourth-order valence-electron chi connectivity index (χ4n) is 2.80. The number of hydrogen-bond donors (Lipinski definition) is 2. The quantitative estimate of drug-likeness (QED) is 0.814. The molecule has 2 N–H and O–H groups in total. The second-order valence-corrected chi connectivity index (χ2v) is 6.98. The minimum absolute atomic E-state index is 0.0882. The van der Waals surface area contributed by atoms with Gasteiger partial charge in [-0.25, -0.2) is 0 Å². The van der Waals surface area contributed by atoms with Crippen molar-refractivity contribution in [2.75, 3.05) is 24.6 Å². The SMILES string of the molecule is CC(NCC(C)(C)CCO)c1ccc(N2CCCC2=O)cc1. The van der Waals surface area contributed by atoms with E-state index in [9.17, 15) is 4.79 Å². The Balaban J connectivity index is 1.93. The fraction of sp³-hybridized carbons (Fsp3) is 0.611. The summed E-state index contributed by atoms with van der Waals surface area (Å²) < 4.78 is 0. The van der Waals surface area contributed by atoms with Gasteiger partial charge in [-0.3, -0.25) is 4.79 Å². The summed E-state index contributed by atoms with van der Waals surface area (Å²) in [6, 6.07) is 8.52. The summed E-state index contributed by atoms with van der Waals surface area (Å²) in [5.74, 6) is 0.227. The summed E-state index contributed by atoms with van der Waals surface area (Å²) in [7, 11) is 0. The number of nitrogens with zero attached hydrogens (tertiary/aromatic N) is 1. The molecule has 0 radical (unpaired) electrons. The van der Waals surface area contributed by atoms with Crippen molar-refractivity contribution in [3.63, 3.8) is 0 Å². The molecule has 1 aliphatic heterocycles. The van der Waals surface area contributed by atoms with Crippen molar-refractivity contribution in [3.8, 4) is 0 Å². The van der Waals surface area contributed by atoms with Crippen LogP contribution in [0.3, 0.4) is 0 Å². The number of aliphatic hydroxyl groups excluding tert-OH is 1. The third-order valence-corrected chi connectivity index (χ3v) is 4.45. The van der Waals surface area contributed by atoms with Gasteiger partial charge >= 0.3 is 0 Å². The van der Waals surface area contributed by atoms with Crippen molar-refractivity contribution in [3.05, 3.63) is 29.8 Å². The summed E-state index contributed by atoms with van der Waals surface area (Å²) in [6.45, 7) is 8.38. The van der Waals surface area contributed by atoms with Gasteiger partial charge in [-0.1, -0.05) is 26.0 Å². The monoisotopic (exact) mass is 304 g/mol. The first-order valence-corrected chi connectivity index (χ1v) is 8.17. The fourth-order valence-corrected chi connectivity index (χ4v) is 2.80. The van der Waals surface area contributed by atoms with Crippen LogP contribution in [0.15, 0.2) is 24.3 Å². The highest BCUT2D eigenvalue weighted by molar-refractivity contribution is 5.95. The lowest BCUT2D eigenvalue weighted by molar-refractivity contribution is -0.117. The molecule has 122 valence electrons. The second kappa shape index (κ2) is 7.25. The lowest BCUT2D eigenvalue weighted by Crippen LogP contribution is -2.32. The second-order valence-electron chi connectivity index (χ2n) is 6.98. The molecule has 22 heavy (non-hydrogen) atoms. The summed E-state index contributed by atoms with van der Waals surface area (Å²) in [5.41, 5.74) is 2.31. The third-order valence-electron chi connectivity index (χ3n) is 4.45. The summed E-state index contributed by atoms with van der Waals surface area (Å²) in [6.07, 6.45) is 2.42. The summed E-state index contributed by atoms with van der Waals surface area (Å²) in [4.78, 5) is 13.6. The number of anilines is 1. The van der Waals surface area contributed by atoms with E-state index >= 15 is 0 Å². The molecule has 1 atom stereocenters. The van der Waals surface area contributed by atoms with Crippen LogP contribution in [-0.2, 0) is 4.79 Å². The molecule has 4 heteroatoms. The summed E-state index contributed by atoms with van der Waals surface area (Å²) >= 11 is 0. The number of rotatable bonds is 7. The van der Waals surface area contributed by atoms with Gasteiger partial charge in [0, 0.05) is 37.8 Å². The number of amides is 1. The van der Waals surface area contributed by atoms with E-state index in [1.54, 1.807) is 0 Å². The van der Waals surface area contributed by atoms with Gasteiger partial charge in [0.15, 0.2) is 0 Å². The van der Waals surface area contributed by atoms with Crippen LogP contribution in [0.2, 0.25) is 0 Å². The van der Waals surface area contributed by atoms with Gasteiger partial charge < -0.3 is 15.3 Å². The van der Waals surface area contributed by atoms with Crippen LogP contribution >= 0.6 is 0 Å². The van der Waals surface area contributed by atoms with Crippen molar-refractivity contribution in [2.24, 2.45) is 5.41 Å². The van der Waals surface area contributed by atoms with Crippen molar-refractivity contribution >= 4 is 11.6 Å². The molecule has 1 amide bonds. The Bertz CT molecular complexity index is 496. The topological polar surface area (TPSA) is 52.6 Å². The van der Waals surface area contributed by atoms with E-state index in [-0.39, 0.29) is 24.0 Å². The molecule has 1 unspecified atom stereocenters. The van der Waals surface area contributed by atoms with Crippen molar-refractivity contribution in [1.29, 1.82) is 0 Å². The van der Waals surface area contributed by atoms with Gasteiger partial charge in [-0.2, -0.15) is 0 Å². The molecular formula is C18H28N2O2. The van der Waals surface area contributed by atoms with E-state index in [2.05, 4.69) is 38.2 Å². The highest BCUT2D eigenvalue weighted by Gasteiger charge is 2.22. The first-order chi connectivity index (χ1) is 10.4. The lowest BCUT2D eigenvalue weighted by Gasteiger charge is -2.27. The Kier molecular flexibility index (Phi) is 5.59. The maximum absolute atomic E-state index is 11.8. The Morgan fingerprint density at radius 3 is 2.55 bits per heavy atom. The number of aliphatic hydroxyl groups is 1. The van der Waals surface area contributed by atoms with Crippen LogP contribution in [0.1, 0.15) is 51.6 Å². The molecule has 1 fully saturated rings. The van der Waals surface area contributed by atoms with Gasteiger partial charge in [0.05, 0.1) is 0 Å². The number of carbonyl (C=O) groups is 1. The Labute approximate surface area is 133 Å². The van der Waals surface area contributed by atoms with Crippen molar-refractivity contribution < 1.29 is 9.90 Å². The van der Waals surface area contributed by atoms with E-state index in [0.29, 0.717) is 6.42 Å². The molecule has 1 aromatic carbocycles. The van der Waals surface area contributed by atoms with Crippen LogP contribution in [0, 0.1) is 5.41 Å². The molecule has 0 aromatic heterocycles. The van der Waals surface area contributed by atoms with Gasteiger partial charge in [0.25, 0.3) is 0 Å². The average molecular weight is 304 g/mol. The lowest BCUT2D eigenvalue weighted by atomic mass is 9.89. The summed E-state index contributed by atoms with van der Waals surface area (Å²) in [5, 5.41) is 12.6. The minimum atomic E-state index is 0.0882. The Morgan fingerprint density at radius 1 is 1.32 bits per heavy atom. The maximum atomic E-state index is 11.8. The minimum Gasteiger partial charge on any atom is -0.396 e. The van der Waals surface area contributed by atoms with Crippen LogP contribution < -0.4 is 10.2 Å². The molecule has 1 heterocycles. The molecule has 0 spiro atoms. The third kappa shape index (κ3) is 4.31. The zero-order chi connectivity index (χ0) is 16.2. The molecule has 4 nitrogen and oxygen atoms in total. The van der Waals surface area contributed by atoms with E-state index in [4.69, 9.17) is 5.11 Å². The molecule has 1 saturated heterocycles. The maximum Gasteiger partial charge on any atom is 0.227 e. The Hall–Kier alpha value is -1.39. The molecular weight excluding hydrogens is 276 g/mol. The standard InChI is InChI=1S/C18H28N2O2/c1-14(19-13-18(2,3)10-12-21)15-6-8-16(9-7-15)20-11-4-5-17(20)22/h6-9,14,19,21H,4-5,10-13H2,1-3H3. The van der Waals surface area contributed by atoms with Crippen molar-refractivity contribution in [2.45, 2.75) is 46.1 Å². The number of carbonyl (C=O) groups excluding carboxylic acids is 1. The predicted molar refractivity (Wildman–Crippen MR) is 89.9 cm³/mol. The van der Waals surface area contributed by atoms with Gasteiger partial charge in [0.2, 0.25) is 5.91 Å². The van der Waals surface area contributed by atoms with Crippen molar-refractivity contribution in [1.82, 2.24) is 5.32 Å². The van der Waals surface area contributed by atoms with E-state index < -0.39 is 0 Å². The van der Waals surface area contributed by atoms with E-state index in [0.717, 1.165) is 31.6 Å². The molecule has 1 aliphatic rings. The van der Waals surface area contributed by atoms with Crippen LogP contribution in [0.4, 0.5) is 5.69 Å². The Morgan fingerprint density at radius 2 is 2.00 bits per heavy atom. The smallest absolute Gasteiger partial charge is 0.227 e. The van der Waals surface area contributed by atoms with Gasteiger partial charge in [-0.05, 0) is 42.9 Å². The highest BCUT2D eigenvalue weighted by atomic mass is 16.3. The highest BCUT2D eigenvalue weighted by Crippen LogP contribution is 2.24. The number of benzene rings is 1. The molecule has 0 bridgehead atoms. The zero-order valence-corrected chi connectivity index (χ0v) is 13.9. The molecule has 1 aromatic rings.